The summed E-state index contributed by atoms with van der Waals surface area (Å²) in [5.74, 6) is -1.01. The summed E-state index contributed by atoms with van der Waals surface area (Å²) in [6.45, 7) is 1.52. The maximum absolute atomic E-state index is 13.5. The third-order valence-electron chi connectivity index (χ3n) is 3.08. The van der Waals surface area contributed by atoms with E-state index in [1.165, 1.54) is 19.2 Å². The molecule has 0 aliphatic heterocycles. The molecular formula is C16H16F2O3. The molecule has 0 amide bonds. The van der Waals surface area contributed by atoms with Gasteiger partial charge in [-0.15, -0.1) is 0 Å². The zero-order valence-corrected chi connectivity index (χ0v) is 11.8. The van der Waals surface area contributed by atoms with Crippen LogP contribution >= 0.6 is 0 Å². The molecule has 112 valence electrons. The van der Waals surface area contributed by atoms with E-state index in [-0.39, 0.29) is 12.2 Å². The van der Waals surface area contributed by atoms with Gasteiger partial charge < -0.3 is 14.6 Å². The summed E-state index contributed by atoms with van der Waals surface area (Å²) in [6, 6.07) is 8.88. The van der Waals surface area contributed by atoms with Crippen molar-refractivity contribution in [2.24, 2.45) is 0 Å². The van der Waals surface area contributed by atoms with Gasteiger partial charge in [0.15, 0.2) is 23.1 Å². The van der Waals surface area contributed by atoms with E-state index in [0.29, 0.717) is 17.1 Å². The Bertz CT molecular complexity index is 627. The van der Waals surface area contributed by atoms with Crippen LogP contribution in [0.25, 0.3) is 0 Å². The van der Waals surface area contributed by atoms with E-state index in [4.69, 9.17) is 9.47 Å². The average molecular weight is 294 g/mol. The molecule has 0 aromatic heterocycles. The number of aliphatic hydroxyl groups is 1. The molecule has 21 heavy (non-hydrogen) atoms. The topological polar surface area (TPSA) is 38.7 Å². The molecule has 1 unspecified atom stereocenters. The third-order valence-corrected chi connectivity index (χ3v) is 3.08. The van der Waals surface area contributed by atoms with E-state index in [1.807, 2.05) is 0 Å². The largest absolute Gasteiger partial charge is 0.493 e. The van der Waals surface area contributed by atoms with Crippen molar-refractivity contribution in [1.29, 1.82) is 0 Å². The van der Waals surface area contributed by atoms with Gasteiger partial charge in [-0.1, -0.05) is 18.2 Å². The summed E-state index contributed by atoms with van der Waals surface area (Å²) in [5, 5.41) is 9.52. The van der Waals surface area contributed by atoms with Crippen molar-refractivity contribution in [3.8, 4) is 11.5 Å². The van der Waals surface area contributed by atoms with E-state index in [9.17, 15) is 13.9 Å². The lowest BCUT2D eigenvalue weighted by Crippen LogP contribution is -2.02. The summed E-state index contributed by atoms with van der Waals surface area (Å²) in [6.07, 6.45) is -0.631. The van der Waals surface area contributed by atoms with Crippen LogP contribution in [0.5, 0.6) is 11.5 Å². The average Bonchev–Trinajstić information content (AvgIpc) is 2.48. The van der Waals surface area contributed by atoms with Crippen LogP contribution in [0.3, 0.4) is 0 Å². The van der Waals surface area contributed by atoms with Gasteiger partial charge in [-0.2, -0.15) is 0 Å². The van der Waals surface area contributed by atoms with Gasteiger partial charge in [-0.25, -0.2) is 8.78 Å². The number of hydrogen-bond acceptors (Lipinski definition) is 3. The van der Waals surface area contributed by atoms with Crippen LogP contribution in [-0.4, -0.2) is 12.2 Å². The van der Waals surface area contributed by atoms with Crippen LogP contribution in [0.4, 0.5) is 8.78 Å². The van der Waals surface area contributed by atoms with Gasteiger partial charge in [0, 0.05) is 5.56 Å². The third kappa shape index (κ3) is 3.49. The molecule has 2 aromatic rings. The second kappa shape index (κ2) is 6.54. The second-order valence-corrected chi connectivity index (χ2v) is 4.59. The molecule has 5 heteroatoms. The highest BCUT2D eigenvalue weighted by Gasteiger charge is 2.11. The van der Waals surface area contributed by atoms with Gasteiger partial charge in [0.05, 0.1) is 13.2 Å². The maximum atomic E-state index is 13.5. The van der Waals surface area contributed by atoms with Gasteiger partial charge in [0.1, 0.15) is 6.61 Å². The SMILES string of the molecule is COc1cc(C(C)O)ccc1OCc1cccc(F)c1F. The highest BCUT2D eigenvalue weighted by molar-refractivity contribution is 5.43. The van der Waals surface area contributed by atoms with Crippen LogP contribution in [0.1, 0.15) is 24.2 Å². The van der Waals surface area contributed by atoms with Crippen molar-refractivity contribution in [2.75, 3.05) is 7.11 Å². The number of benzene rings is 2. The zero-order valence-electron chi connectivity index (χ0n) is 11.8. The Morgan fingerprint density at radius 3 is 2.57 bits per heavy atom. The van der Waals surface area contributed by atoms with E-state index in [2.05, 4.69) is 0 Å². The van der Waals surface area contributed by atoms with Crippen molar-refractivity contribution >= 4 is 0 Å². The fourth-order valence-corrected chi connectivity index (χ4v) is 1.88. The van der Waals surface area contributed by atoms with Gasteiger partial charge in [-0.05, 0) is 30.7 Å². The number of ether oxygens (including phenoxy) is 2. The molecular weight excluding hydrogens is 278 g/mol. The number of halogens is 2. The van der Waals surface area contributed by atoms with Crippen molar-refractivity contribution in [3.05, 3.63) is 59.2 Å². The maximum Gasteiger partial charge on any atom is 0.165 e. The first kappa shape index (κ1) is 15.3. The molecule has 0 heterocycles. The second-order valence-electron chi connectivity index (χ2n) is 4.59. The molecule has 3 nitrogen and oxygen atoms in total. The Balaban J connectivity index is 2.18. The first-order valence-electron chi connectivity index (χ1n) is 6.44. The smallest absolute Gasteiger partial charge is 0.165 e. The molecule has 0 aliphatic rings. The molecule has 0 spiro atoms. The summed E-state index contributed by atoms with van der Waals surface area (Å²) >= 11 is 0. The van der Waals surface area contributed by atoms with E-state index in [0.717, 1.165) is 6.07 Å². The Labute approximate surface area is 121 Å². The summed E-state index contributed by atoms with van der Waals surface area (Å²) in [7, 11) is 1.47. The van der Waals surface area contributed by atoms with Gasteiger partial charge in [0.25, 0.3) is 0 Å². The summed E-state index contributed by atoms with van der Waals surface area (Å²) in [4.78, 5) is 0. The minimum absolute atomic E-state index is 0.117. The monoisotopic (exact) mass is 294 g/mol. The Hall–Kier alpha value is -2.14. The van der Waals surface area contributed by atoms with Crippen LogP contribution in [0.15, 0.2) is 36.4 Å². The molecule has 2 rings (SSSR count). The van der Waals surface area contributed by atoms with Crippen molar-refractivity contribution in [2.45, 2.75) is 19.6 Å². The van der Waals surface area contributed by atoms with Gasteiger partial charge in [-0.3, -0.25) is 0 Å². The molecule has 0 saturated heterocycles. The van der Waals surface area contributed by atoms with Crippen LogP contribution in [0, 0.1) is 11.6 Å². The fourth-order valence-electron chi connectivity index (χ4n) is 1.88. The Morgan fingerprint density at radius 2 is 1.90 bits per heavy atom. The molecule has 1 N–H and O–H groups in total. The molecule has 0 bridgehead atoms. The molecule has 0 aliphatic carbocycles. The molecule has 2 aromatic carbocycles. The van der Waals surface area contributed by atoms with Crippen LogP contribution in [-0.2, 0) is 6.61 Å². The van der Waals surface area contributed by atoms with Crippen molar-refractivity contribution < 1.29 is 23.4 Å². The van der Waals surface area contributed by atoms with Crippen molar-refractivity contribution in [1.82, 2.24) is 0 Å². The van der Waals surface area contributed by atoms with Crippen LogP contribution < -0.4 is 9.47 Å². The molecule has 0 saturated carbocycles. The lowest BCUT2D eigenvalue weighted by atomic mass is 10.1. The fraction of sp³-hybridized carbons (Fsp3) is 0.250. The predicted molar refractivity (Wildman–Crippen MR) is 74.3 cm³/mol. The summed E-state index contributed by atoms with van der Waals surface area (Å²) in [5.41, 5.74) is 0.799. The first-order chi connectivity index (χ1) is 10.0. The van der Waals surface area contributed by atoms with E-state index in [1.54, 1.807) is 25.1 Å². The normalized spacial score (nSPS) is 12.0. The molecule has 0 radical (unpaired) electrons. The predicted octanol–water partition coefficient (Wildman–Crippen LogP) is 3.61. The molecule has 0 fully saturated rings. The van der Waals surface area contributed by atoms with E-state index >= 15 is 0 Å². The Morgan fingerprint density at radius 1 is 1.14 bits per heavy atom. The molecule has 1 atom stereocenters. The number of aliphatic hydroxyl groups excluding tert-OH is 1. The van der Waals surface area contributed by atoms with E-state index < -0.39 is 17.7 Å². The number of methoxy groups -OCH3 is 1. The summed E-state index contributed by atoms with van der Waals surface area (Å²) < 4.78 is 37.3. The van der Waals surface area contributed by atoms with Gasteiger partial charge >= 0.3 is 0 Å². The lowest BCUT2D eigenvalue weighted by molar-refractivity contribution is 0.198. The Kier molecular flexibility index (Phi) is 4.75. The quantitative estimate of drug-likeness (QED) is 0.915. The zero-order chi connectivity index (χ0) is 15.4. The highest BCUT2D eigenvalue weighted by Crippen LogP contribution is 2.31. The first-order valence-corrected chi connectivity index (χ1v) is 6.44. The minimum Gasteiger partial charge on any atom is -0.493 e. The van der Waals surface area contributed by atoms with Crippen LogP contribution in [0.2, 0.25) is 0 Å². The lowest BCUT2D eigenvalue weighted by Gasteiger charge is -2.13. The number of rotatable bonds is 5. The van der Waals surface area contributed by atoms with Gasteiger partial charge in [0.2, 0.25) is 0 Å². The van der Waals surface area contributed by atoms with Crippen molar-refractivity contribution in [3.63, 3.8) is 0 Å². The standard InChI is InChI=1S/C16H16F2O3/c1-10(19)11-6-7-14(15(8-11)20-2)21-9-12-4-3-5-13(17)16(12)18/h3-8,10,19H,9H2,1-2H3. The number of hydrogen-bond donors (Lipinski definition) is 1. The highest BCUT2D eigenvalue weighted by atomic mass is 19.2. The minimum atomic E-state index is -0.919.